The lowest BCUT2D eigenvalue weighted by Gasteiger charge is -2.34. The van der Waals surface area contributed by atoms with Gasteiger partial charge in [-0.15, -0.1) is 0 Å². The number of piperazine rings is 1. The third-order valence-corrected chi connectivity index (χ3v) is 8.10. The first kappa shape index (κ1) is 26.9. The summed E-state index contributed by atoms with van der Waals surface area (Å²) in [6.45, 7) is 7.61. The number of nitrogens with one attached hydrogen (secondary N) is 1. The first-order chi connectivity index (χ1) is 18.6. The first-order valence-electron chi connectivity index (χ1n) is 12.5. The molecule has 10 nitrogen and oxygen atoms in total. The predicted octanol–water partition coefficient (Wildman–Crippen LogP) is 4.49. The third kappa shape index (κ3) is 6.16. The maximum absolute atomic E-state index is 13.0. The summed E-state index contributed by atoms with van der Waals surface area (Å²) in [7, 11) is -0.232. The molecule has 1 fully saturated rings. The Labute approximate surface area is 233 Å². The quantitative estimate of drug-likeness (QED) is 0.348. The van der Waals surface area contributed by atoms with Gasteiger partial charge in [0.1, 0.15) is 10.6 Å². The number of halogens is 1. The molecule has 1 N–H and O–H groups in total. The molecule has 2 aromatic heterocycles. The number of aryl methyl sites for hydroxylation is 3. The molecule has 39 heavy (non-hydrogen) atoms. The van der Waals surface area contributed by atoms with Crippen LogP contribution in [0.25, 0.3) is 11.3 Å². The van der Waals surface area contributed by atoms with Crippen molar-refractivity contribution in [1.29, 1.82) is 0 Å². The lowest BCUT2D eigenvalue weighted by molar-refractivity contribution is 0.312. The van der Waals surface area contributed by atoms with Gasteiger partial charge in [0.2, 0.25) is 11.8 Å². The van der Waals surface area contributed by atoms with Crippen LogP contribution in [-0.4, -0.2) is 66.3 Å². The maximum Gasteiger partial charge on any atom is 0.267 e. The van der Waals surface area contributed by atoms with E-state index in [1.165, 1.54) is 17.1 Å². The Morgan fingerprint density at radius 1 is 0.974 bits per heavy atom. The van der Waals surface area contributed by atoms with Gasteiger partial charge in [0.05, 0.1) is 11.9 Å². The molecule has 1 aliphatic heterocycles. The molecule has 204 valence electrons. The molecule has 5 rings (SSSR count). The fraction of sp³-hybridized carbons (Fsp3) is 0.296. The molecule has 0 radical (unpaired) electrons. The van der Waals surface area contributed by atoms with E-state index in [0.717, 1.165) is 48.6 Å². The van der Waals surface area contributed by atoms with Gasteiger partial charge in [-0.2, -0.15) is 10.1 Å². The van der Waals surface area contributed by atoms with Crippen LogP contribution in [-0.2, 0) is 17.1 Å². The van der Waals surface area contributed by atoms with Crippen molar-refractivity contribution in [3.63, 3.8) is 0 Å². The lowest BCUT2D eigenvalue weighted by Crippen LogP contribution is -2.44. The standard InChI is InChI=1S/C27H30ClN7O3S/c1-18-6-5-7-19(2)26(18)24-15-25(31-27(30-24)32-39(36,37)23-16-29-34(4)17-23)38-22-13-20(28)12-21(14-22)35-10-8-33(3)9-11-35/h5-7,12-17H,8-11H2,1-4H3,(H,30,31,32). The van der Waals surface area contributed by atoms with Gasteiger partial charge >= 0.3 is 0 Å². The van der Waals surface area contributed by atoms with Crippen molar-refractivity contribution in [2.75, 3.05) is 42.8 Å². The Bertz CT molecular complexity index is 1600. The summed E-state index contributed by atoms with van der Waals surface area (Å²) >= 11 is 6.47. The van der Waals surface area contributed by atoms with Gasteiger partial charge in [-0.1, -0.05) is 29.8 Å². The van der Waals surface area contributed by atoms with Gasteiger partial charge in [0.25, 0.3) is 10.0 Å². The molecule has 0 unspecified atom stereocenters. The summed E-state index contributed by atoms with van der Waals surface area (Å²) in [5.41, 5.74) is 4.32. The minimum atomic E-state index is -3.98. The van der Waals surface area contributed by atoms with Crippen molar-refractivity contribution in [2.45, 2.75) is 18.7 Å². The van der Waals surface area contributed by atoms with E-state index >= 15 is 0 Å². The predicted molar refractivity (Wildman–Crippen MR) is 152 cm³/mol. The molecule has 3 heterocycles. The fourth-order valence-electron chi connectivity index (χ4n) is 4.56. The number of sulfonamides is 1. The average molecular weight is 568 g/mol. The Morgan fingerprint density at radius 2 is 1.69 bits per heavy atom. The number of benzene rings is 2. The molecular weight excluding hydrogens is 538 g/mol. The van der Waals surface area contributed by atoms with Gasteiger partial charge < -0.3 is 14.5 Å². The molecule has 1 aliphatic rings. The van der Waals surface area contributed by atoms with E-state index < -0.39 is 10.0 Å². The smallest absolute Gasteiger partial charge is 0.267 e. The molecule has 0 amide bonds. The van der Waals surface area contributed by atoms with Gasteiger partial charge in [0, 0.05) is 67.8 Å². The molecule has 4 aromatic rings. The highest BCUT2D eigenvalue weighted by atomic mass is 35.5. The van der Waals surface area contributed by atoms with Crippen molar-refractivity contribution < 1.29 is 13.2 Å². The number of hydrogen-bond donors (Lipinski definition) is 1. The van der Waals surface area contributed by atoms with E-state index in [-0.39, 0.29) is 16.7 Å². The maximum atomic E-state index is 13.0. The fourth-order valence-corrected chi connectivity index (χ4v) is 5.71. The summed E-state index contributed by atoms with van der Waals surface area (Å²) in [6.07, 6.45) is 2.67. The zero-order valence-corrected chi connectivity index (χ0v) is 23.8. The van der Waals surface area contributed by atoms with Crippen LogP contribution < -0.4 is 14.4 Å². The largest absolute Gasteiger partial charge is 0.439 e. The Hall–Kier alpha value is -3.67. The third-order valence-electron chi connectivity index (χ3n) is 6.60. The van der Waals surface area contributed by atoms with Gasteiger partial charge in [-0.3, -0.25) is 4.68 Å². The second-order valence-corrected chi connectivity index (χ2v) is 11.8. The highest BCUT2D eigenvalue weighted by Crippen LogP contribution is 2.34. The number of hydrogen-bond acceptors (Lipinski definition) is 8. The van der Waals surface area contributed by atoms with Crippen molar-refractivity contribution in [2.24, 2.45) is 7.05 Å². The number of ether oxygens (including phenoxy) is 1. The number of aromatic nitrogens is 4. The lowest BCUT2D eigenvalue weighted by atomic mass is 10.00. The topological polar surface area (TPSA) is 105 Å². The number of rotatable bonds is 7. The summed E-state index contributed by atoms with van der Waals surface area (Å²) in [5.74, 6) is 0.553. The highest BCUT2D eigenvalue weighted by molar-refractivity contribution is 7.92. The van der Waals surface area contributed by atoms with Crippen LogP contribution >= 0.6 is 11.6 Å². The molecule has 0 spiro atoms. The molecule has 0 bridgehead atoms. The molecule has 12 heteroatoms. The van der Waals surface area contributed by atoms with Crippen LogP contribution in [0.2, 0.25) is 5.02 Å². The van der Waals surface area contributed by atoms with Gasteiger partial charge in [-0.05, 0) is 44.2 Å². The van der Waals surface area contributed by atoms with E-state index in [4.69, 9.17) is 16.3 Å². The molecule has 0 saturated carbocycles. The van der Waals surface area contributed by atoms with E-state index in [0.29, 0.717) is 16.5 Å². The van der Waals surface area contributed by atoms with E-state index in [1.807, 2.05) is 44.2 Å². The van der Waals surface area contributed by atoms with Crippen LogP contribution in [0.5, 0.6) is 11.6 Å². The van der Waals surface area contributed by atoms with Crippen LogP contribution in [0, 0.1) is 13.8 Å². The van der Waals surface area contributed by atoms with Crippen LogP contribution in [0.1, 0.15) is 11.1 Å². The van der Waals surface area contributed by atoms with E-state index in [1.54, 1.807) is 19.2 Å². The Balaban J connectivity index is 1.53. The Morgan fingerprint density at radius 3 is 2.36 bits per heavy atom. The summed E-state index contributed by atoms with van der Waals surface area (Å²) in [6, 6.07) is 13.2. The summed E-state index contributed by atoms with van der Waals surface area (Å²) in [5, 5.41) is 4.49. The van der Waals surface area contributed by atoms with Crippen molar-refractivity contribution in [3.05, 3.63) is 71.0 Å². The monoisotopic (exact) mass is 567 g/mol. The zero-order valence-electron chi connectivity index (χ0n) is 22.2. The van der Waals surface area contributed by atoms with E-state index in [2.05, 4.69) is 36.6 Å². The molecular formula is C27H30ClN7O3S. The molecule has 0 aliphatic carbocycles. The van der Waals surface area contributed by atoms with Crippen LogP contribution in [0.3, 0.4) is 0 Å². The number of likely N-dealkylation sites (N-methyl/N-ethyl adjacent to an activating group) is 1. The minimum Gasteiger partial charge on any atom is -0.439 e. The molecule has 0 atom stereocenters. The normalized spacial score (nSPS) is 14.4. The second kappa shape index (κ2) is 10.8. The number of anilines is 2. The van der Waals surface area contributed by atoms with Crippen molar-refractivity contribution >= 4 is 33.3 Å². The van der Waals surface area contributed by atoms with Gasteiger partial charge in [0.15, 0.2) is 0 Å². The Kier molecular flexibility index (Phi) is 7.48. The molecule has 1 saturated heterocycles. The number of nitrogens with zero attached hydrogens (tertiary/aromatic N) is 6. The van der Waals surface area contributed by atoms with Crippen molar-refractivity contribution in [1.82, 2.24) is 24.6 Å². The van der Waals surface area contributed by atoms with Gasteiger partial charge in [-0.25, -0.2) is 18.1 Å². The minimum absolute atomic E-state index is 0.000188. The van der Waals surface area contributed by atoms with Crippen molar-refractivity contribution in [3.8, 4) is 22.9 Å². The summed E-state index contributed by atoms with van der Waals surface area (Å²) < 4.78 is 36.2. The second-order valence-electron chi connectivity index (χ2n) is 9.67. The van der Waals surface area contributed by atoms with E-state index in [9.17, 15) is 8.42 Å². The zero-order chi connectivity index (χ0) is 27.7. The highest BCUT2D eigenvalue weighted by Gasteiger charge is 2.21. The average Bonchev–Trinajstić information content (AvgIpc) is 3.31. The first-order valence-corrected chi connectivity index (χ1v) is 14.3. The van der Waals surface area contributed by atoms with Crippen LogP contribution in [0.4, 0.5) is 11.6 Å². The van der Waals surface area contributed by atoms with Crippen LogP contribution in [0.15, 0.2) is 59.8 Å². The summed E-state index contributed by atoms with van der Waals surface area (Å²) in [4.78, 5) is 13.5. The molecule has 2 aromatic carbocycles. The SMILES string of the molecule is Cc1cccc(C)c1-c1cc(Oc2cc(Cl)cc(N3CCN(C)CC3)c2)nc(NS(=O)(=O)c2cnn(C)c2)n1.